The van der Waals surface area contributed by atoms with E-state index < -0.39 is 0 Å². The molecule has 2 heteroatoms. The van der Waals surface area contributed by atoms with E-state index in [1.54, 1.807) is 0 Å². The molecule has 1 rings (SSSR count). The van der Waals surface area contributed by atoms with Crippen LogP contribution in [0.1, 0.15) is 42.4 Å². The zero-order valence-corrected chi connectivity index (χ0v) is 11.4. The second-order valence-corrected chi connectivity index (χ2v) is 5.14. The van der Waals surface area contributed by atoms with E-state index in [4.69, 9.17) is 5.73 Å². The lowest BCUT2D eigenvalue weighted by Gasteiger charge is -2.15. The Labute approximate surface area is 101 Å². The van der Waals surface area contributed by atoms with Crippen molar-refractivity contribution in [2.75, 3.05) is 6.54 Å². The third-order valence-electron chi connectivity index (χ3n) is 2.99. The first-order valence-corrected chi connectivity index (χ1v) is 6.32. The predicted octanol–water partition coefficient (Wildman–Crippen LogP) is 3.91. The van der Waals surface area contributed by atoms with Gasteiger partial charge in [0.1, 0.15) is 0 Å². The molecule has 0 bridgehead atoms. The molecule has 0 fully saturated rings. The van der Waals surface area contributed by atoms with Gasteiger partial charge in [0.25, 0.3) is 0 Å². The highest BCUT2D eigenvalue weighted by atomic mass is 79.9. The molecule has 0 aliphatic carbocycles. The molecule has 0 aliphatic rings. The fourth-order valence-electron chi connectivity index (χ4n) is 1.76. The molecule has 1 unspecified atom stereocenters. The van der Waals surface area contributed by atoms with E-state index in [2.05, 4.69) is 48.8 Å². The van der Waals surface area contributed by atoms with E-state index in [1.807, 2.05) is 0 Å². The summed E-state index contributed by atoms with van der Waals surface area (Å²) in [6, 6.07) is 4.50. The van der Waals surface area contributed by atoms with Crippen molar-refractivity contribution in [3.63, 3.8) is 0 Å². The van der Waals surface area contributed by atoms with Crippen LogP contribution in [-0.2, 0) is 0 Å². The van der Waals surface area contributed by atoms with Gasteiger partial charge in [0.15, 0.2) is 0 Å². The van der Waals surface area contributed by atoms with Crippen molar-refractivity contribution in [1.82, 2.24) is 0 Å². The van der Waals surface area contributed by atoms with Gasteiger partial charge in [0.2, 0.25) is 0 Å². The smallest absolute Gasteiger partial charge is 0.0212 e. The van der Waals surface area contributed by atoms with Gasteiger partial charge in [-0.15, -0.1) is 0 Å². The number of aryl methyl sites for hydroxylation is 2. The average Bonchev–Trinajstić information content (AvgIpc) is 2.20. The van der Waals surface area contributed by atoms with Gasteiger partial charge in [0, 0.05) is 4.47 Å². The normalized spacial score (nSPS) is 12.9. The fraction of sp³-hybridized carbons (Fsp3) is 0.538. The maximum Gasteiger partial charge on any atom is 0.0212 e. The standard InChI is InChI=1S/C13H20BrN/c1-9(5-4-6-15)12-7-10(2)11(3)8-13(12)14/h7-9H,4-6,15H2,1-3H3. The van der Waals surface area contributed by atoms with Crippen molar-refractivity contribution >= 4 is 15.9 Å². The molecule has 0 radical (unpaired) electrons. The molecule has 0 amide bonds. The molecule has 0 spiro atoms. The van der Waals surface area contributed by atoms with E-state index in [9.17, 15) is 0 Å². The van der Waals surface area contributed by atoms with Crippen LogP contribution in [0, 0.1) is 13.8 Å². The monoisotopic (exact) mass is 269 g/mol. The summed E-state index contributed by atoms with van der Waals surface area (Å²) in [4.78, 5) is 0. The average molecular weight is 270 g/mol. The highest BCUT2D eigenvalue weighted by Crippen LogP contribution is 2.30. The molecule has 0 heterocycles. The number of hydrogen-bond acceptors (Lipinski definition) is 1. The molecule has 0 aliphatic heterocycles. The summed E-state index contributed by atoms with van der Waals surface area (Å²) in [6.07, 6.45) is 2.26. The third-order valence-corrected chi connectivity index (χ3v) is 3.67. The van der Waals surface area contributed by atoms with Crippen molar-refractivity contribution in [2.24, 2.45) is 5.73 Å². The van der Waals surface area contributed by atoms with Crippen LogP contribution >= 0.6 is 15.9 Å². The molecular formula is C13H20BrN. The Hall–Kier alpha value is -0.340. The zero-order chi connectivity index (χ0) is 11.4. The van der Waals surface area contributed by atoms with Crippen LogP contribution in [0.3, 0.4) is 0 Å². The molecule has 1 atom stereocenters. The Morgan fingerprint density at radius 1 is 1.27 bits per heavy atom. The number of rotatable bonds is 4. The summed E-state index contributed by atoms with van der Waals surface area (Å²) in [5.74, 6) is 0.585. The first-order chi connectivity index (χ1) is 7.06. The lowest BCUT2D eigenvalue weighted by Crippen LogP contribution is -2.03. The van der Waals surface area contributed by atoms with Crippen LogP contribution in [0.4, 0.5) is 0 Å². The number of nitrogens with two attached hydrogens (primary N) is 1. The highest BCUT2D eigenvalue weighted by Gasteiger charge is 2.10. The van der Waals surface area contributed by atoms with Crippen LogP contribution in [0.25, 0.3) is 0 Å². The Bertz CT molecular complexity index is 334. The van der Waals surface area contributed by atoms with Crippen LogP contribution in [0.5, 0.6) is 0 Å². The van der Waals surface area contributed by atoms with Gasteiger partial charge < -0.3 is 5.73 Å². The van der Waals surface area contributed by atoms with Gasteiger partial charge >= 0.3 is 0 Å². The van der Waals surface area contributed by atoms with Gasteiger partial charge in [-0.3, -0.25) is 0 Å². The summed E-state index contributed by atoms with van der Waals surface area (Å²) in [7, 11) is 0. The van der Waals surface area contributed by atoms with Crippen molar-refractivity contribution < 1.29 is 0 Å². The van der Waals surface area contributed by atoms with Crippen LogP contribution in [0.15, 0.2) is 16.6 Å². The summed E-state index contributed by atoms with van der Waals surface area (Å²) >= 11 is 3.64. The Morgan fingerprint density at radius 2 is 1.87 bits per heavy atom. The van der Waals surface area contributed by atoms with Crippen LogP contribution in [0.2, 0.25) is 0 Å². The maximum absolute atomic E-state index is 5.54. The van der Waals surface area contributed by atoms with Crippen molar-refractivity contribution in [1.29, 1.82) is 0 Å². The van der Waals surface area contributed by atoms with Crippen LogP contribution < -0.4 is 5.73 Å². The van der Waals surface area contributed by atoms with Gasteiger partial charge in [-0.2, -0.15) is 0 Å². The van der Waals surface area contributed by atoms with E-state index >= 15 is 0 Å². The second kappa shape index (κ2) is 5.66. The number of hydrogen-bond donors (Lipinski definition) is 1. The fourth-order valence-corrected chi connectivity index (χ4v) is 2.61. The number of benzene rings is 1. The summed E-state index contributed by atoms with van der Waals surface area (Å²) in [5, 5.41) is 0. The Morgan fingerprint density at radius 3 is 2.47 bits per heavy atom. The molecule has 0 aromatic heterocycles. The predicted molar refractivity (Wildman–Crippen MR) is 70.3 cm³/mol. The number of halogens is 1. The molecule has 1 aromatic carbocycles. The topological polar surface area (TPSA) is 26.0 Å². The summed E-state index contributed by atoms with van der Waals surface area (Å²) < 4.78 is 1.23. The quantitative estimate of drug-likeness (QED) is 0.882. The SMILES string of the molecule is Cc1cc(Br)c(C(C)CCCN)cc1C. The molecule has 15 heavy (non-hydrogen) atoms. The van der Waals surface area contributed by atoms with Crippen molar-refractivity contribution in [3.05, 3.63) is 33.3 Å². The molecule has 1 nitrogen and oxygen atoms in total. The van der Waals surface area contributed by atoms with Gasteiger partial charge in [-0.1, -0.05) is 28.9 Å². The minimum Gasteiger partial charge on any atom is -0.330 e. The van der Waals surface area contributed by atoms with Gasteiger partial charge in [-0.05, 0) is 61.9 Å². The summed E-state index contributed by atoms with van der Waals surface area (Å²) in [5.41, 5.74) is 9.66. The first-order valence-electron chi connectivity index (χ1n) is 5.53. The first kappa shape index (κ1) is 12.7. The van der Waals surface area contributed by atoms with Crippen LogP contribution in [-0.4, -0.2) is 6.54 Å². The molecular weight excluding hydrogens is 250 g/mol. The molecule has 84 valence electrons. The second-order valence-electron chi connectivity index (χ2n) is 4.29. The molecule has 0 saturated carbocycles. The summed E-state index contributed by atoms with van der Waals surface area (Å²) in [6.45, 7) is 7.37. The highest BCUT2D eigenvalue weighted by molar-refractivity contribution is 9.10. The largest absolute Gasteiger partial charge is 0.330 e. The Balaban J connectivity index is 2.88. The lowest BCUT2D eigenvalue weighted by molar-refractivity contribution is 0.638. The zero-order valence-electron chi connectivity index (χ0n) is 9.81. The minimum absolute atomic E-state index is 0.585. The van der Waals surface area contributed by atoms with Gasteiger partial charge in [-0.25, -0.2) is 0 Å². The molecule has 2 N–H and O–H groups in total. The van der Waals surface area contributed by atoms with E-state index in [-0.39, 0.29) is 0 Å². The van der Waals surface area contributed by atoms with E-state index in [0.717, 1.165) is 19.4 Å². The van der Waals surface area contributed by atoms with Gasteiger partial charge in [0.05, 0.1) is 0 Å². The lowest BCUT2D eigenvalue weighted by atomic mass is 9.93. The molecule has 1 aromatic rings. The maximum atomic E-state index is 5.54. The van der Waals surface area contributed by atoms with E-state index in [0.29, 0.717) is 5.92 Å². The minimum atomic E-state index is 0.585. The van der Waals surface area contributed by atoms with Crippen molar-refractivity contribution in [3.8, 4) is 0 Å². The van der Waals surface area contributed by atoms with Crippen molar-refractivity contribution in [2.45, 2.75) is 39.5 Å². The Kier molecular flexibility index (Phi) is 4.81. The van der Waals surface area contributed by atoms with E-state index in [1.165, 1.54) is 21.2 Å². The third kappa shape index (κ3) is 3.32. The molecule has 0 saturated heterocycles.